The number of amides is 1. The Balaban J connectivity index is 1.75. The Bertz CT molecular complexity index is 738. The number of nitrogens with one attached hydrogen (secondary N) is 1. The molecule has 1 aliphatic heterocycles. The summed E-state index contributed by atoms with van der Waals surface area (Å²) in [5, 5.41) is 2.72. The zero-order valence-electron chi connectivity index (χ0n) is 15.0. The van der Waals surface area contributed by atoms with Crippen LogP contribution in [0.3, 0.4) is 0 Å². The van der Waals surface area contributed by atoms with E-state index < -0.39 is 0 Å². The van der Waals surface area contributed by atoms with Gasteiger partial charge in [0, 0.05) is 43.7 Å². The van der Waals surface area contributed by atoms with Crippen LogP contribution in [0.15, 0.2) is 54.6 Å². The first-order chi connectivity index (χ1) is 12.6. The lowest BCUT2D eigenvalue weighted by molar-refractivity contribution is -0.114. The van der Waals surface area contributed by atoms with Crippen LogP contribution in [0.25, 0.3) is 0 Å². The molecule has 1 N–H and O–H groups in total. The molecule has 0 spiro atoms. The number of hydrogen-bond acceptors (Lipinski definition) is 4. The molecule has 2 aromatic rings. The summed E-state index contributed by atoms with van der Waals surface area (Å²) in [6.45, 7) is 4.51. The van der Waals surface area contributed by atoms with Crippen molar-refractivity contribution in [2.75, 3.05) is 31.6 Å². The highest BCUT2D eigenvalue weighted by Crippen LogP contribution is 2.27. The first-order valence-corrected chi connectivity index (χ1v) is 8.91. The van der Waals surface area contributed by atoms with Crippen LogP contribution < -0.4 is 5.32 Å². The van der Waals surface area contributed by atoms with Crippen molar-refractivity contribution in [3.05, 3.63) is 65.7 Å². The van der Waals surface area contributed by atoms with E-state index in [0.29, 0.717) is 30.9 Å². The number of rotatable bonds is 6. The molecule has 1 aliphatic rings. The molecular weight excluding hydrogens is 328 g/mol. The number of anilines is 1. The summed E-state index contributed by atoms with van der Waals surface area (Å²) in [7, 11) is 0. The molecule has 0 aliphatic carbocycles. The summed E-state index contributed by atoms with van der Waals surface area (Å²) in [4.78, 5) is 26.3. The summed E-state index contributed by atoms with van der Waals surface area (Å²) in [6.07, 6.45) is 0.420. The molecule has 2 aromatic carbocycles. The summed E-state index contributed by atoms with van der Waals surface area (Å²) >= 11 is 0. The van der Waals surface area contributed by atoms with Gasteiger partial charge in [0.1, 0.15) is 0 Å². The molecule has 5 heteroatoms. The van der Waals surface area contributed by atoms with Crippen molar-refractivity contribution < 1.29 is 14.3 Å². The fourth-order valence-electron chi connectivity index (χ4n) is 3.26. The minimum Gasteiger partial charge on any atom is -0.379 e. The third kappa shape index (κ3) is 4.77. The van der Waals surface area contributed by atoms with Gasteiger partial charge in [-0.05, 0) is 29.8 Å². The highest BCUT2D eigenvalue weighted by molar-refractivity contribution is 5.97. The number of hydrogen-bond donors (Lipinski definition) is 1. The summed E-state index contributed by atoms with van der Waals surface area (Å²) in [5.74, 6) is -0.0275. The van der Waals surface area contributed by atoms with Crippen LogP contribution in [0.2, 0.25) is 0 Å². The molecule has 136 valence electrons. The van der Waals surface area contributed by atoms with Crippen LogP contribution >= 0.6 is 0 Å². The monoisotopic (exact) mass is 352 g/mol. The minimum atomic E-state index is -0.125. The SMILES string of the molecule is CC(=O)Nc1ccc(C(=O)C[C@@H](c2ccccc2)N2CCOCC2)cc1. The van der Waals surface area contributed by atoms with Gasteiger partial charge in [-0.25, -0.2) is 0 Å². The van der Waals surface area contributed by atoms with E-state index in [4.69, 9.17) is 4.74 Å². The number of ketones is 1. The van der Waals surface area contributed by atoms with E-state index in [0.717, 1.165) is 18.7 Å². The Morgan fingerprint density at radius 1 is 1.04 bits per heavy atom. The fourth-order valence-corrected chi connectivity index (χ4v) is 3.26. The van der Waals surface area contributed by atoms with Crippen molar-refractivity contribution in [2.24, 2.45) is 0 Å². The van der Waals surface area contributed by atoms with Crippen LogP contribution in [0, 0.1) is 0 Å². The highest BCUT2D eigenvalue weighted by Gasteiger charge is 2.25. The molecule has 1 heterocycles. The van der Waals surface area contributed by atoms with E-state index in [1.165, 1.54) is 6.92 Å². The van der Waals surface area contributed by atoms with Crippen LogP contribution in [0.4, 0.5) is 5.69 Å². The second-order valence-electron chi connectivity index (χ2n) is 6.46. The van der Waals surface area contributed by atoms with Crippen molar-refractivity contribution in [3.8, 4) is 0 Å². The number of carbonyl (C=O) groups excluding carboxylic acids is 2. The number of nitrogens with zero attached hydrogens (tertiary/aromatic N) is 1. The van der Waals surface area contributed by atoms with Gasteiger partial charge >= 0.3 is 0 Å². The Morgan fingerprint density at radius 2 is 1.69 bits per heavy atom. The zero-order chi connectivity index (χ0) is 18.4. The molecule has 0 saturated carbocycles. The van der Waals surface area contributed by atoms with Crippen LogP contribution in [-0.4, -0.2) is 42.9 Å². The molecule has 0 radical (unpaired) electrons. The summed E-state index contributed by atoms with van der Waals surface area (Å²) in [6, 6.07) is 17.3. The van der Waals surface area contributed by atoms with Gasteiger partial charge < -0.3 is 10.1 Å². The van der Waals surface area contributed by atoms with Crippen molar-refractivity contribution in [2.45, 2.75) is 19.4 Å². The van der Waals surface area contributed by atoms with Crippen LogP contribution in [0.1, 0.15) is 35.3 Å². The fraction of sp³-hybridized carbons (Fsp3) is 0.333. The lowest BCUT2D eigenvalue weighted by atomic mass is 9.96. The lowest BCUT2D eigenvalue weighted by Gasteiger charge is -2.34. The van der Waals surface area contributed by atoms with Gasteiger partial charge in [0.2, 0.25) is 5.91 Å². The second kappa shape index (κ2) is 8.74. The number of benzene rings is 2. The quantitative estimate of drug-likeness (QED) is 0.811. The van der Waals surface area contributed by atoms with Gasteiger partial charge in [-0.2, -0.15) is 0 Å². The molecule has 26 heavy (non-hydrogen) atoms. The van der Waals surface area contributed by atoms with Gasteiger partial charge in [-0.3, -0.25) is 14.5 Å². The van der Waals surface area contributed by atoms with E-state index in [9.17, 15) is 9.59 Å². The van der Waals surface area contributed by atoms with Crippen molar-refractivity contribution in [3.63, 3.8) is 0 Å². The van der Waals surface area contributed by atoms with E-state index >= 15 is 0 Å². The lowest BCUT2D eigenvalue weighted by Crippen LogP contribution is -2.39. The molecule has 1 fully saturated rings. The van der Waals surface area contributed by atoms with Crippen molar-refractivity contribution >= 4 is 17.4 Å². The van der Waals surface area contributed by atoms with E-state index in [1.807, 2.05) is 18.2 Å². The van der Waals surface area contributed by atoms with Crippen molar-refractivity contribution in [1.82, 2.24) is 4.90 Å². The second-order valence-corrected chi connectivity index (χ2v) is 6.46. The number of Topliss-reactive ketones (excluding diaryl/α,β-unsaturated/α-hetero) is 1. The molecule has 0 bridgehead atoms. The van der Waals surface area contributed by atoms with Gasteiger partial charge in [-0.1, -0.05) is 30.3 Å². The van der Waals surface area contributed by atoms with E-state index in [1.54, 1.807) is 24.3 Å². The third-order valence-electron chi connectivity index (χ3n) is 4.58. The minimum absolute atomic E-state index is 0.0441. The van der Waals surface area contributed by atoms with Crippen LogP contribution in [0.5, 0.6) is 0 Å². The predicted octanol–water partition coefficient (Wildman–Crippen LogP) is 3.29. The standard InChI is InChI=1S/C21H24N2O3/c1-16(24)22-19-9-7-18(8-10-19)21(25)15-20(17-5-3-2-4-6-17)23-11-13-26-14-12-23/h2-10,20H,11-15H2,1H3,(H,22,24)/t20-/m0/s1. The maximum Gasteiger partial charge on any atom is 0.221 e. The Morgan fingerprint density at radius 3 is 2.31 bits per heavy atom. The topological polar surface area (TPSA) is 58.6 Å². The van der Waals surface area contributed by atoms with E-state index in [2.05, 4.69) is 22.3 Å². The summed E-state index contributed by atoms with van der Waals surface area (Å²) in [5.41, 5.74) is 2.51. The zero-order valence-corrected chi connectivity index (χ0v) is 15.0. The highest BCUT2D eigenvalue weighted by atomic mass is 16.5. The van der Waals surface area contributed by atoms with Gasteiger partial charge in [0.15, 0.2) is 5.78 Å². The smallest absolute Gasteiger partial charge is 0.221 e. The third-order valence-corrected chi connectivity index (χ3v) is 4.58. The summed E-state index contributed by atoms with van der Waals surface area (Å²) < 4.78 is 5.46. The Hall–Kier alpha value is -2.50. The Labute approximate surface area is 154 Å². The molecular formula is C21H24N2O3. The molecule has 3 rings (SSSR count). The van der Waals surface area contributed by atoms with E-state index in [-0.39, 0.29) is 17.7 Å². The molecule has 1 saturated heterocycles. The molecule has 5 nitrogen and oxygen atoms in total. The first kappa shape index (κ1) is 18.3. The number of carbonyl (C=O) groups is 2. The van der Waals surface area contributed by atoms with Crippen LogP contribution in [-0.2, 0) is 9.53 Å². The average molecular weight is 352 g/mol. The molecule has 0 aromatic heterocycles. The molecule has 1 atom stereocenters. The molecule has 1 amide bonds. The number of ether oxygens (including phenoxy) is 1. The average Bonchev–Trinajstić information content (AvgIpc) is 2.67. The number of morpholine rings is 1. The normalized spacial score (nSPS) is 16.0. The van der Waals surface area contributed by atoms with Gasteiger partial charge in [0.05, 0.1) is 13.2 Å². The van der Waals surface area contributed by atoms with Gasteiger partial charge in [0.25, 0.3) is 0 Å². The molecule has 0 unspecified atom stereocenters. The first-order valence-electron chi connectivity index (χ1n) is 8.91. The Kier molecular flexibility index (Phi) is 6.15. The predicted molar refractivity (Wildman–Crippen MR) is 101 cm³/mol. The maximum absolute atomic E-state index is 12.9. The maximum atomic E-state index is 12.9. The largest absolute Gasteiger partial charge is 0.379 e. The van der Waals surface area contributed by atoms with Crippen molar-refractivity contribution in [1.29, 1.82) is 0 Å². The van der Waals surface area contributed by atoms with Gasteiger partial charge in [-0.15, -0.1) is 0 Å².